The van der Waals surface area contributed by atoms with Crippen molar-refractivity contribution in [3.63, 3.8) is 0 Å². The highest BCUT2D eigenvalue weighted by molar-refractivity contribution is 7.98. The fraction of sp³-hybridized carbons (Fsp3) is 0.345. The molecule has 11 heteroatoms. The van der Waals surface area contributed by atoms with Crippen LogP contribution in [0.4, 0.5) is 5.69 Å². The molecule has 1 aliphatic rings. The number of nitrogens with one attached hydrogen (secondary N) is 1. The predicted molar refractivity (Wildman–Crippen MR) is 161 cm³/mol. The molecule has 8 nitrogen and oxygen atoms in total. The van der Waals surface area contributed by atoms with E-state index in [9.17, 15) is 4.79 Å². The van der Waals surface area contributed by atoms with Crippen molar-refractivity contribution in [2.24, 2.45) is 0 Å². The van der Waals surface area contributed by atoms with Crippen LogP contribution in [0.25, 0.3) is 11.0 Å². The fourth-order valence-corrected chi connectivity index (χ4v) is 5.85. The smallest absolute Gasteiger partial charge is 0.248 e. The lowest BCUT2D eigenvalue weighted by molar-refractivity contribution is -0.136. The Hall–Kier alpha value is -2.98. The Morgan fingerprint density at radius 3 is 2.70 bits per heavy atom. The average molecular weight is 601 g/mol. The van der Waals surface area contributed by atoms with E-state index >= 15 is 0 Å². The van der Waals surface area contributed by atoms with Gasteiger partial charge in [0.2, 0.25) is 5.91 Å². The first-order chi connectivity index (χ1) is 19.5. The van der Waals surface area contributed by atoms with E-state index in [1.54, 1.807) is 24.0 Å². The highest BCUT2D eigenvalue weighted by atomic mass is 35.5. The molecule has 2 aromatic carbocycles. The van der Waals surface area contributed by atoms with Crippen molar-refractivity contribution in [1.82, 2.24) is 19.9 Å². The lowest BCUT2D eigenvalue weighted by Crippen LogP contribution is -2.49. The van der Waals surface area contributed by atoms with Crippen molar-refractivity contribution in [1.29, 1.82) is 0 Å². The Morgan fingerprint density at radius 1 is 1.05 bits per heavy atom. The van der Waals surface area contributed by atoms with Gasteiger partial charge in [-0.3, -0.25) is 9.78 Å². The van der Waals surface area contributed by atoms with E-state index in [0.717, 1.165) is 38.9 Å². The van der Waals surface area contributed by atoms with Gasteiger partial charge in [-0.05, 0) is 37.3 Å². The highest BCUT2D eigenvalue weighted by Crippen LogP contribution is 2.33. The second-order valence-electron chi connectivity index (χ2n) is 9.42. The maximum absolute atomic E-state index is 12.6. The summed E-state index contributed by atoms with van der Waals surface area (Å²) in [7, 11) is 0. The number of imidazole rings is 1. The average Bonchev–Trinajstić information content (AvgIpc) is 3.39. The number of piperazine rings is 1. The van der Waals surface area contributed by atoms with Crippen LogP contribution >= 0.6 is 35.0 Å². The number of anilines is 1. The summed E-state index contributed by atoms with van der Waals surface area (Å²) in [5.74, 6) is 1.49. The first-order valence-corrected chi connectivity index (χ1v) is 14.9. The molecule has 0 saturated carbocycles. The molecule has 5 rings (SSSR count). The summed E-state index contributed by atoms with van der Waals surface area (Å²) in [6.07, 6.45) is 2.45. The normalized spacial score (nSPS) is 13.7. The molecule has 0 bridgehead atoms. The fourth-order valence-electron chi connectivity index (χ4n) is 4.52. The summed E-state index contributed by atoms with van der Waals surface area (Å²) in [5, 5.41) is 1.95. The molecule has 1 saturated heterocycles. The van der Waals surface area contributed by atoms with Gasteiger partial charge in [0.15, 0.2) is 5.16 Å². The summed E-state index contributed by atoms with van der Waals surface area (Å²) in [6.45, 7) is 5.66. The van der Waals surface area contributed by atoms with Gasteiger partial charge in [0, 0.05) is 50.1 Å². The van der Waals surface area contributed by atoms with Crippen LogP contribution in [0.3, 0.4) is 0 Å². The summed E-state index contributed by atoms with van der Waals surface area (Å²) in [5.41, 5.74) is 4.86. The van der Waals surface area contributed by atoms with Crippen molar-refractivity contribution in [3.8, 4) is 5.75 Å². The first kappa shape index (κ1) is 28.5. The third-order valence-corrected chi connectivity index (χ3v) is 8.49. The second kappa shape index (κ2) is 13.6. The SMILES string of the molecule is Cc1c(OCCCOCC(=O)N2CCN(c3cccc(Cl)c3Cl)CC2)ccnc1CSc1nc2ccccc2[nH]1. The maximum atomic E-state index is 12.6. The number of H-pyrrole nitrogens is 1. The minimum atomic E-state index is -0.00525. The number of carbonyl (C=O) groups is 1. The standard InChI is InChI=1S/C29H31Cl2N5O3S/c1-20-24(19-40-29-33-22-7-2-3-8-23(22)34-29)32-11-10-26(20)39-17-5-16-38-18-27(37)36-14-12-35(13-15-36)25-9-4-6-21(30)28(25)31/h2-4,6-11H,5,12-19H2,1H3,(H,33,34). The number of nitrogens with zero attached hydrogens (tertiary/aromatic N) is 4. The molecule has 3 heterocycles. The summed E-state index contributed by atoms with van der Waals surface area (Å²) in [6, 6.07) is 15.5. The topological polar surface area (TPSA) is 83.6 Å². The lowest BCUT2D eigenvalue weighted by Gasteiger charge is -2.36. The number of rotatable bonds is 11. The van der Waals surface area contributed by atoms with E-state index in [0.29, 0.717) is 61.6 Å². The molecule has 0 atom stereocenters. The number of amides is 1. The van der Waals surface area contributed by atoms with E-state index in [4.69, 9.17) is 32.7 Å². The number of thioether (sulfide) groups is 1. The molecule has 0 radical (unpaired) electrons. The molecular formula is C29H31Cl2N5O3S. The number of hydrogen-bond acceptors (Lipinski definition) is 7. The van der Waals surface area contributed by atoms with Crippen LogP contribution < -0.4 is 9.64 Å². The summed E-state index contributed by atoms with van der Waals surface area (Å²) < 4.78 is 11.6. The number of hydrogen-bond donors (Lipinski definition) is 1. The van der Waals surface area contributed by atoms with Crippen LogP contribution in [0, 0.1) is 6.92 Å². The van der Waals surface area contributed by atoms with Crippen LogP contribution in [0.15, 0.2) is 59.9 Å². The molecule has 1 N–H and O–H groups in total. The van der Waals surface area contributed by atoms with Gasteiger partial charge in [0.05, 0.1) is 45.7 Å². The van der Waals surface area contributed by atoms with E-state index in [1.165, 1.54) is 0 Å². The number of pyridine rings is 1. The van der Waals surface area contributed by atoms with Gasteiger partial charge >= 0.3 is 0 Å². The van der Waals surface area contributed by atoms with Gasteiger partial charge in [-0.25, -0.2) is 4.98 Å². The lowest BCUT2D eigenvalue weighted by atomic mass is 10.2. The number of aromatic amines is 1. The van der Waals surface area contributed by atoms with Crippen molar-refractivity contribution in [3.05, 3.63) is 76.0 Å². The molecule has 210 valence electrons. The third-order valence-electron chi connectivity index (χ3n) is 6.79. The van der Waals surface area contributed by atoms with E-state index in [2.05, 4.69) is 19.9 Å². The number of aromatic nitrogens is 3. The molecule has 1 aliphatic heterocycles. The predicted octanol–water partition coefficient (Wildman–Crippen LogP) is 6.00. The van der Waals surface area contributed by atoms with E-state index in [1.807, 2.05) is 54.3 Å². The summed E-state index contributed by atoms with van der Waals surface area (Å²) in [4.78, 5) is 29.1. The molecule has 0 spiro atoms. The largest absolute Gasteiger partial charge is 0.493 e. The third kappa shape index (κ3) is 7.01. The summed E-state index contributed by atoms with van der Waals surface area (Å²) >= 11 is 14.1. The Kier molecular flexibility index (Phi) is 9.70. The zero-order chi connectivity index (χ0) is 27.9. The van der Waals surface area contributed by atoms with Gasteiger partial charge < -0.3 is 24.3 Å². The maximum Gasteiger partial charge on any atom is 0.248 e. The van der Waals surface area contributed by atoms with E-state index < -0.39 is 0 Å². The number of carbonyl (C=O) groups excluding carboxylic acids is 1. The Labute approximate surface area is 248 Å². The van der Waals surface area contributed by atoms with Crippen molar-refractivity contribution < 1.29 is 14.3 Å². The van der Waals surface area contributed by atoms with Crippen LogP contribution in [-0.4, -0.2) is 71.8 Å². The molecule has 1 amide bonds. The molecule has 4 aromatic rings. The molecule has 0 aliphatic carbocycles. The van der Waals surface area contributed by atoms with Crippen molar-refractivity contribution >= 4 is 57.6 Å². The Bertz CT molecular complexity index is 1430. The van der Waals surface area contributed by atoms with Crippen LogP contribution in [0.1, 0.15) is 17.7 Å². The van der Waals surface area contributed by atoms with Gasteiger partial charge in [-0.15, -0.1) is 0 Å². The number of halogens is 2. The second-order valence-corrected chi connectivity index (χ2v) is 11.2. The first-order valence-electron chi connectivity index (χ1n) is 13.2. The quantitative estimate of drug-likeness (QED) is 0.167. The molecule has 0 unspecified atom stereocenters. The number of ether oxygens (including phenoxy) is 2. The van der Waals surface area contributed by atoms with Gasteiger partial charge in [0.1, 0.15) is 12.4 Å². The number of fused-ring (bicyclic) bond motifs is 1. The van der Waals surface area contributed by atoms with Gasteiger partial charge in [-0.2, -0.15) is 0 Å². The van der Waals surface area contributed by atoms with Gasteiger partial charge in [0.25, 0.3) is 0 Å². The van der Waals surface area contributed by atoms with Crippen molar-refractivity contribution in [2.75, 3.05) is 50.9 Å². The van der Waals surface area contributed by atoms with Gasteiger partial charge in [-0.1, -0.05) is 53.2 Å². The van der Waals surface area contributed by atoms with Crippen molar-refractivity contribution in [2.45, 2.75) is 24.3 Å². The highest BCUT2D eigenvalue weighted by Gasteiger charge is 2.23. The number of benzene rings is 2. The molecule has 1 fully saturated rings. The van der Waals surface area contributed by atoms with Crippen LogP contribution in [0.2, 0.25) is 10.0 Å². The molecule has 40 heavy (non-hydrogen) atoms. The van der Waals surface area contributed by atoms with E-state index in [-0.39, 0.29) is 12.5 Å². The zero-order valence-electron chi connectivity index (χ0n) is 22.2. The number of para-hydroxylation sites is 2. The molecule has 2 aromatic heterocycles. The zero-order valence-corrected chi connectivity index (χ0v) is 24.6. The minimum Gasteiger partial charge on any atom is -0.493 e. The monoisotopic (exact) mass is 599 g/mol. The van der Waals surface area contributed by atoms with Crippen LogP contribution in [0.5, 0.6) is 5.75 Å². The Morgan fingerprint density at radius 2 is 1.88 bits per heavy atom. The Balaban J connectivity index is 0.997. The molecular weight excluding hydrogens is 569 g/mol. The minimum absolute atomic E-state index is 0.00525. The van der Waals surface area contributed by atoms with Crippen LogP contribution in [-0.2, 0) is 15.3 Å².